The normalized spacial score (nSPS) is 18.2. The fourth-order valence-electron chi connectivity index (χ4n) is 2.52. The maximum Gasteiger partial charge on any atom is 0.130 e. The van der Waals surface area contributed by atoms with Crippen LogP contribution in [0.3, 0.4) is 0 Å². The Morgan fingerprint density at radius 3 is 2.47 bits per heavy atom. The third kappa shape index (κ3) is 4.44. The van der Waals surface area contributed by atoms with Gasteiger partial charge in [0.25, 0.3) is 0 Å². The average molecular weight is 261 g/mol. The van der Waals surface area contributed by atoms with Crippen molar-refractivity contribution in [3.63, 3.8) is 0 Å². The minimum Gasteiger partial charge on any atom is -0.379 e. The van der Waals surface area contributed by atoms with Gasteiger partial charge in [-0.05, 0) is 24.0 Å². The molecule has 2 rings (SSSR count). The Bertz CT molecular complexity index is 407. The summed E-state index contributed by atoms with van der Waals surface area (Å²) in [5, 5.41) is 0. The van der Waals surface area contributed by atoms with E-state index in [1.54, 1.807) is 6.92 Å². The standard InChI is InChI=1S/C16H23NO2/c1-13(11-14(2)18)16-5-3-15(4-6-16)12-17-7-9-19-10-8-17/h3-6,13H,7-12H2,1-2H3/t13-/m0/s1. The molecular formula is C16H23NO2. The van der Waals surface area contributed by atoms with Crippen molar-refractivity contribution in [1.82, 2.24) is 4.90 Å². The lowest BCUT2D eigenvalue weighted by Crippen LogP contribution is -2.35. The lowest BCUT2D eigenvalue weighted by Gasteiger charge is -2.26. The van der Waals surface area contributed by atoms with E-state index in [1.807, 2.05) is 0 Å². The zero-order chi connectivity index (χ0) is 13.7. The molecule has 1 aliphatic rings. The van der Waals surface area contributed by atoms with E-state index in [1.165, 1.54) is 11.1 Å². The second-order valence-corrected chi connectivity index (χ2v) is 5.44. The minimum absolute atomic E-state index is 0.255. The highest BCUT2D eigenvalue weighted by molar-refractivity contribution is 5.76. The third-order valence-corrected chi connectivity index (χ3v) is 3.65. The first-order valence-electron chi connectivity index (χ1n) is 7.03. The summed E-state index contributed by atoms with van der Waals surface area (Å²) in [7, 11) is 0. The smallest absolute Gasteiger partial charge is 0.130 e. The molecule has 0 aliphatic carbocycles. The molecule has 0 bridgehead atoms. The van der Waals surface area contributed by atoms with Gasteiger partial charge in [0.15, 0.2) is 0 Å². The topological polar surface area (TPSA) is 29.5 Å². The molecule has 1 heterocycles. The molecule has 1 saturated heterocycles. The molecule has 0 aromatic heterocycles. The Hall–Kier alpha value is -1.19. The zero-order valence-corrected chi connectivity index (χ0v) is 11.9. The number of morpholine rings is 1. The number of carbonyl (C=O) groups excluding carboxylic acids is 1. The molecule has 3 heteroatoms. The van der Waals surface area contributed by atoms with Gasteiger partial charge in [0.2, 0.25) is 0 Å². The fraction of sp³-hybridized carbons (Fsp3) is 0.562. The van der Waals surface area contributed by atoms with E-state index in [0.29, 0.717) is 12.3 Å². The van der Waals surface area contributed by atoms with Crippen molar-refractivity contribution >= 4 is 5.78 Å². The fourth-order valence-corrected chi connectivity index (χ4v) is 2.52. The van der Waals surface area contributed by atoms with Gasteiger partial charge in [-0.2, -0.15) is 0 Å². The van der Waals surface area contributed by atoms with Crippen LogP contribution in [0.4, 0.5) is 0 Å². The largest absolute Gasteiger partial charge is 0.379 e. The summed E-state index contributed by atoms with van der Waals surface area (Å²) in [5.41, 5.74) is 2.58. The molecule has 1 fully saturated rings. The molecule has 1 aliphatic heterocycles. The number of ether oxygens (including phenoxy) is 1. The van der Waals surface area contributed by atoms with Crippen LogP contribution in [0.2, 0.25) is 0 Å². The van der Waals surface area contributed by atoms with Gasteiger partial charge in [0.1, 0.15) is 5.78 Å². The van der Waals surface area contributed by atoms with Crippen LogP contribution >= 0.6 is 0 Å². The van der Waals surface area contributed by atoms with E-state index >= 15 is 0 Å². The van der Waals surface area contributed by atoms with Gasteiger partial charge in [-0.15, -0.1) is 0 Å². The average Bonchev–Trinajstić information content (AvgIpc) is 2.40. The number of benzene rings is 1. The van der Waals surface area contributed by atoms with Crippen LogP contribution < -0.4 is 0 Å². The summed E-state index contributed by atoms with van der Waals surface area (Å²) < 4.78 is 5.35. The maximum absolute atomic E-state index is 11.1. The number of hydrogen-bond acceptors (Lipinski definition) is 3. The minimum atomic E-state index is 0.255. The van der Waals surface area contributed by atoms with Crippen molar-refractivity contribution in [3.05, 3.63) is 35.4 Å². The van der Waals surface area contributed by atoms with Gasteiger partial charge >= 0.3 is 0 Å². The monoisotopic (exact) mass is 261 g/mol. The van der Waals surface area contributed by atoms with Crippen LogP contribution in [0.1, 0.15) is 37.3 Å². The van der Waals surface area contributed by atoms with Crippen LogP contribution in [0.5, 0.6) is 0 Å². The molecule has 0 spiro atoms. The van der Waals surface area contributed by atoms with Crippen molar-refractivity contribution in [1.29, 1.82) is 0 Å². The van der Waals surface area contributed by atoms with Crippen LogP contribution in [0.25, 0.3) is 0 Å². The van der Waals surface area contributed by atoms with Gasteiger partial charge in [0, 0.05) is 26.1 Å². The molecule has 1 aromatic rings. The highest BCUT2D eigenvalue weighted by atomic mass is 16.5. The number of nitrogens with zero attached hydrogens (tertiary/aromatic N) is 1. The van der Waals surface area contributed by atoms with Crippen LogP contribution in [-0.4, -0.2) is 37.0 Å². The Morgan fingerprint density at radius 2 is 1.89 bits per heavy atom. The molecule has 0 saturated carbocycles. The Morgan fingerprint density at radius 1 is 1.26 bits per heavy atom. The Kier molecular flexibility index (Phi) is 5.11. The highest BCUT2D eigenvalue weighted by Gasteiger charge is 2.11. The molecule has 0 radical (unpaired) electrons. The van der Waals surface area contributed by atoms with Crippen molar-refractivity contribution in [2.45, 2.75) is 32.7 Å². The van der Waals surface area contributed by atoms with Crippen molar-refractivity contribution in [2.24, 2.45) is 0 Å². The molecule has 104 valence electrons. The number of carbonyl (C=O) groups is 1. The number of rotatable bonds is 5. The van der Waals surface area contributed by atoms with Gasteiger partial charge in [-0.1, -0.05) is 31.2 Å². The van der Waals surface area contributed by atoms with Crippen LogP contribution in [0, 0.1) is 0 Å². The summed E-state index contributed by atoms with van der Waals surface area (Å²) in [6.45, 7) is 8.47. The van der Waals surface area contributed by atoms with Gasteiger partial charge in [-0.3, -0.25) is 4.90 Å². The number of ketones is 1. The van der Waals surface area contributed by atoms with Crippen molar-refractivity contribution in [2.75, 3.05) is 26.3 Å². The molecule has 1 atom stereocenters. The predicted octanol–water partition coefficient (Wildman–Crippen LogP) is 2.60. The molecule has 0 unspecified atom stereocenters. The first-order chi connectivity index (χ1) is 9.15. The predicted molar refractivity (Wildman–Crippen MR) is 76.3 cm³/mol. The zero-order valence-electron chi connectivity index (χ0n) is 11.9. The second-order valence-electron chi connectivity index (χ2n) is 5.44. The van der Waals surface area contributed by atoms with Crippen LogP contribution in [0.15, 0.2) is 24.3 Å². The summed E-state index contributed by atoms with van der Waals surface area (Å²) in [5.74, 6) is 0.569. The quantitative estimate of drug-likeness (QED) is 0.816. The Balaban J connectivity index is 1.92. The number of hydrogen-bond donors (Lipinski definition) is 0. The Labute approximate surface area is 115 Å². The summed E-state index contributed by atoms with van der Waals surface area (Å²) in [4.78, 5) is 13.6. The van der Waals surface area contributed by atoms with E-state index in [9.17, 15) is 4.79 Å². The lowest BCUT2D eigenvalue weighted by molar-refractivity contribution is -0.117. The van der Waals surface area contributed by atoms with E-state index in [2.05, 4.69) is 36.1 Å². The van der Waals surface area contributed by atoms with Gasteiger partial charge in [0.05, 0.1) is 13.2 Å². The van der Waals surface area contributed by atoms with Crippen LogP contribution in [-0.2, 0) is 16.1 Å². The maximum atomic E-state index is 11.1. The van der Waals surface area contributed by atoms with Crippen molar-refractivity contribution < 1.29 is 9.53 Å². The van der Waals surface area contributed by atoms with Crippen molar-refractivity contribution in [3.8, 4) is 0 Å². The SMILES string of the molecule is CC(=O)C[C@H](C)c1ccc(CN2CCOCC2)cc1. The molecule has 0 N–H and O–H groups in total. The van der Waals surface area contributed by atoms with E-state index in [-0.39, 0.29) is 5.78 Å². The number of Topliss-reactive ketones (excluding diaryl/α,β-unsaturated/α-hetero) is 1. The molecule has 1 aromatic carbocycles. The molecule has 3 nitrogen and oxygen atoms in total. The lowest BCUT2D eigenvalue weighted by atomic mass is 9.95. The summed E-state index contributed by atoms with van der Waals surface area (Å²) in [6, 6.07) is 8.68. The molecule has 19 heavy (non-hydrogen) atoms. The van der Waals surface area contributed by atoms with E-state index in [0.717, 1.165) is 32.8 Å². The first kappa shape index (κ1) is 14.2. The van der Waals surface area contributed by atoms with E-state index < -0.39 is 0 Å². The second kappa shape index (κ2) is 6.83. The summed E-state index contributed by atoms with van der Waals surface area (Å²) in [6.07, 6.45) is 0.628. The molecular weight excluding hydrogens is 238 g/mol. The van der Waals surface area contributed by atoms with Gasteiger partial charge in [-0.25, -0.2) is 0 Å². The van der Waals surface area contributed by atoms with Gasteiger partial charge < -0.3 is 9.53 Å². The van der Waals surface area contributed by atoms with E-state index in [4.69, 9.17) is 4.74 Å². The first-order valence-corrected chi connectivity index (χ1v) is 7.03. The molecule has 0 amide bonds. The highest BCUT2D eigenvalue weighted by Crippen LogP contribution is 2.20. The third-order valence-electron chi connectivity index (χ3n) is 3.65. The summed E-state index contributed by atoms with van der Waals surface area (Å²) >= 11 is 0.